The van der Waals surface area contributed by atoms with Gasteiger partial charge in [-0.15, -0.1) is 0 Å². The molecule has 0 atom stereocenters. The van der Waals surface area contributed by atoms with Crippen LogP contribution in [0.4, 0.5) is 17.1 Å². The fraction of sp³-hybridized carbons (Fsp3) is 0.385. The summed E-state index contributed by atoms with van der Waals surface area (Å²) in [6.45, 7) is 3.79. The highest BCUT2D eigenvalue weighted by Gasteiger charge is 2.11. The second-order valence-electron chi connectivity index (χ2n) is 4.25. The molecule has 1 aliphatic rings. The molecule has 102 valence electrons. The normalized spacial score (nSPS) is 14.5. The molecule has 6 heteroatoms. The second-order valence-corrected chi connectivity index (χ2v) is 5.04. The van der Waals surface area contributed by atoms with Gasteiger partial charge in [-0.2, -0.15) is 0 Å². The summed E-state index contributed by atoms with van der Waals surface area (Å²) in [5.74, 6) is 0.786. The molecule has 5 nitrogen and oxygen atoms in total. The number of unbranched alkanes of at least 4 members (excludes halogenated alkanes) is 1. The van der Waals surface area contributed by atoms with Crippen molar-refractivity contribution in [1.82, 2.24) is 5.32 Å². The number of hydrogen-bond donors (Lipinski definition) is 3. The molecule has 4 N–H and O–H groups in total. The van der Waals surface area contributed by atoms with Gasteiger partial charge >= 0.3 is 0 Å². The van der Waals surface area contributed by atoms with E-state index < -0.39 is 0 Å². The van der Waals surface area contributed by atoms with Crippen molar-refractivity contribution in [3.8, 4) is 0 Å². The van der Waals surface area contributed by atoms with E-state index in [1.54, 1.807) is 0 Å². The number of guanidine groups is 1. The van der Waals surface area contributed by atoms with Crippen LogP contribution >= 0.6 is 15.9 Å². The van der Waals surface area contributed by atoms with E-state index in [-0.39, 0.29) is 0 Å². The van der Waals surface area contributed by atoms with Gasteiger partial charge in [0.1, 0.15) is 5.69 Å². The van der Waals surface area contributed by atoms with E-state index in [9.17, 15) is 0 Å². The predicted octanol–water partition coefficient (Wildman–Crippen LogP) is 2.90. The SMILES string of the molecule is CCCC=Nc1c(N)ccc(NC2=NCCN2)c1Br. The molecule has 0 bridgehead atoms. The molecular formula is C13H18BrN5. The lowest BCUT2D eigenvalue weighted by molar-refractivity contribution is 0.959. The molecule has 1 aliphatic heterocycles. The van der Waals surface area contributed by atoms with Crippen LogP contribution < -0.4 is 16.4 Å². The van der Waals surface area contributed by atoms with Crippen LogP contribution in [0.25, 0.3) is 0 Å². The zero-order valence-electron chi connectivity index (χ0n) is 10.9. The second kappa shape index (κ2) is 6.56. The van der Waals surface area contributed by atoms with Crippen LogP contribution in [-0.4, -0.2) is 25.3 Å². The monoisotopic (exact) mass is 323 g/mol. The van der Waals surface area contributed by atoms with E-state index in [1.165, 1.54) is 0 Å². The molecule has 0 aromatic heterocycles. The summed E-state index contributed by atoms with van der Waals surface area (Å²) in [6.07, 6.45) is 3.91. The molecule has 0 spiro atoms. The number of aliphatic imine (C=N–C) groups is 2. The highest BCUT2D eigenvalue weighted by atomic mass is 79.9. The van der Waals surface area contributed by atoms with Crippen molar-refractivity contribution in [3.63, 3.8) is 0 Å². The zero-order valence-corrected chi connectivity index (χ0v) is 12.5. The molecular weight excluding hydrogens is 306 g/mol. The smallest absolute Gasteiger partial charge is 0.195 e. The highest BCUT2D eigenvalue weighted by Crippen LogP contribution is 2.37. The first kappa shape index (κ1) is 13.9. The van der Waals surface area contributed by atoms with Gasteiger partial charge in [0.05, 0.1) is 22.4 Å². The van der Waals surface area contributed by atoms with Crippen LogP contribution in [0, 0.1) is 0 Å². The zero-order chi connectivity index (χ0) is 13.7. The molecule has 0 radical (unpaired) electrons. The van der Waals surface area contributed by atoms with E-state index in [0.29, 0.717) is 5.69 Å². The third kappa shape index (κ3) is 3.47. The molecule has 0 unspecified atom stereocenters. The van der Waals surface area contributed by atoms with Crippen molar-refractivity contribution in [2.75, 3.05) is 24.1 Å². The fourth-order valence-electron chi connectivity index (χ4n) is 1.70. The van der Waals surface area contributed by atoms with Crippen LogP contribution in [-0.2, 0) is 0 Å². The third-order valence-corrected chi connectivity index (χ3v) is 3.52. The van der Waals surface area contributed by atoms with Gasteiger partial charge in [-0.1, -0.05) is 13.3 Å². The number of nitrogens with two attached hydrogens (primary N) is 1. The maximum atomic E-state index is 5.96. The molecule has 1 aromatic carbocycles. The maximum Gasteiger partial charge on any atom is 0.195 e. The molecule has 2 rings (SSSR count). The van der Waals surface area contributed by atoms with E-state index in [4.69, 9.17) is 5.73 Å². The number of nitrogens with one attached hydrogen (secondary N) is 2. The summed E-state index contributed by atoms with van der Waals surface area (Å²) in [4.78, 5) is 8.74. The Labute approximate surface area is 121 Å². The van der Waals surface area contributed by atoms with Gasteiger partial charge in [0.2, 0.25) is 0 Å². The first-order valence-corrected chi connectivity index (χ1v) is 7.17. The van der Waals surface area contributed by atoms with Crippen LogP contribution in [0.2, 0.25) is 0 Å². The average molecular weight is 324 g/mol. The molecule has 19 heavy (non-hydrogen) atoms. The minimum absolute atomic E-state index is 0.658. The molecule has 0 amide bonds. The van der Waals surface area contributed by atoms with E-state index in [1.807, 2.05) is 18.3 Å². The number of halogens is 1. The van der Waals surface area contributed by atoms with Gasteiger partial charge < -0.3 is 16.4 Å². The summed E-state index contributed by atoms with van der Waals surface area (Å²) >= 11 is 3.55. The fourth-order valence-corrected chi connectivity index (χ4v) is 2.26. The number of anilines is 2. The van der Waals surface area contributed by atoms with Crippen molar-refractivity contribution in [2.24, 2.45) is 9.98 Å². The summed E-state index contributed by atoms with van der Waals surface area (Å²) in [5.41, 5.74) is 8.29. The minimum atomic E-state index is 0.658. The van der Waals surface area contributed by atoms with Gasteiger partial charge in [-0.3, -0.25) is 9.98 Å². The van der Waals surface area contributed by atoms with Crippen molar-refractivity contribution < 1.29 is 0 Å². The van der Waals surface area contributed by atoms with Gasteiger partial charge in [0, 0.05) is 12.8 Å². The molecule has 1 aromatic rings. The lowest BCUT2D eigenvalue weighted by atomic mass is 10.2. The number of benzene rings is 1. The van der Waals surface area contributed by atoms with Gasteiger partial charge in [0.15, 0.2) is 5.96 Å². The Morgan fingerprint density at radius 3 is 3.11 bits per heavy atom. The Morgan fingerprint density at radius 1 is 1.58 bits per heavy atom. The number of hydrogen-bond acceptors (Lipinski definition) is 5. The number of nitrogens with zero attached hydrogens (tertiary/aromatic N) is 2. The van der Waals surface area contributed by atoms with E-state index >= 15 is 0 Å². The van der Waals surface area contributed by atoms with Gasteiger partial charge in [-0.05, 0) is 34.5 Å². The van der Waals surface area contributed by atoms with Crippen LogP contribution in [0.1, 0.15) is 19.8 Å². The van der Waals surface area contributed by atoms with E-state index in [0.717, 1.165) is 47.7 Å². The Morgan fingerprint density at radius 2 is 2.42 bits per heavy atom. The first-order chi connectivity index (χ1) is 9.22. The van der Waals surface area contributed by atoms with Gasteiger partial charge in [-0.25, -0.2) is 0 Å². The molecule has 0 fully saturated rings. The lowest BCUT2D eigenvalue weighted by Crippen LogP contribution is -2.26. The van der Waals surface area contributed by atoms with Crippen molar-refractivity contribution in [2.45, 2.75) is 19.8 Å². The Balaban J connectivity index is 2.22. The highest BCUT2D eigenvalue weighted by molar-refractivity contribution is 9.10. The molecule has 0 saturated carbocycles. The number of nitrogen functional groups attached to an aromatic ring is 1. The molecule has 0 aliphatic carbocycles. The van der Waals surface area contributed by atoms with E-state index in [2.05, 4.69) is 43.5 Å². The Bertz CT molecular complexity index is 510. The van der Waals surface area contributed by atoms with Crippen molar-refractivity contribution in [3.05, 3.63) is 16.6 Å². The first-order valence-electron chi connectivity index (χ1n) is 6.38. The maximum absolute atomic E-state index is 5.96. The minimum Gasteiger partial charge on any atom is -0.397 e. The Hall–Kier alpha value is -1.56. The summed E-state index contributed by atoms with van der Waals surface area (Å²) < 4.78 is 0.858. The quantitative estimate of drug-likeness (QED) is 0.589. The summed E-state index contributed by atoms with van der Waals surface area (Å²) in [7, 11) is 0. The predicted molar refractivity (Wildman–Crippen MR) is 85.5 cm³/mol. The lowest BCUT2D eigenvalue weighted by Gasteiger charge is -2.12. The van der Waals surface area contributed by atoms with Crippen molar-refractivity contribution in [1.29, 1.82) is 0 Å². The van der Waals surface area contributed by atoms with Crippen LogP contribution in [0.15, 0.2) is 26.6 Å². The molecule has 1 heterocycles. The standard InChI is InChI=1S/C13H18BrN5/c1-2-3-6-16-12-9(15)4-5-10(11(12)14)19-13-17-7-8-18-13/h4-6H,2-3,7-8,15H2,1H3,(H2,17,18,19). The van der Waals surface area contributed by atoms with Crippen LogP contribution in [0.5, 0.6) is 0 Å². The number of rotatable bonds is 4. The van der Waals surface area contributed by atoms with Gasteiger partial charge in [0.25, 0.3) is 0 Å². The average Bonchev–Trinajstić information content (AvgIpc) is 2.90. The van der Waals surface area contributed by atoms with Crippen molar-refractivity contribution >= 4 is 45.2 Å². The largest absolute Gasteiger partial charge is 0.397 e. The Kier molecular flexibility index (Phi) is 4.79. The summed E-state index contributed by atoms with van der Waals surface area (Å²) in [5, 5.41) is 6.40. The summed E-state index contributed by atoms with van der Waals surface area (Å²) in [6, 6.07) is 3.77. The van der Waals surface area contributed by atoms with Crippen LogP contribution in [0.3, 0.4) is 0 Å². The topological polar surface area (TPSA) is 74.8 Å². The molecule has 0 saturated heterocycles. The third-order valence-electron chi connectivity index (χ3n) is 2.71.